The minimum Gasteiger partial charge on any atom is -0.501 e. The van der Waals surface area contributed by atoms with Crippen LogP contribution in [0.25, 0.3) is 11.1 Å². The largest absolute Gasteiger partial charge is 0.501 e. The van der Waals surface area contributed by atoms with E-state index in [1.54, 1.807) is 19.1 Å². The average Bonchev–Trinajstić information content (AvgIpc) is 3.71. The van der Waals surface area contributed by atoms with E-state index in [-0.39, 0.29) is 0 Å². The Kier molecular flexibility index (Phi) is 12.4. The number of benzene rings is 2. The highest BCUT2D eigenvalue weighted by atomic mass is 32.2. The molecule has 0 atom stereocenters. The molecule has 43 heavy (non-hydrogen) atoms. The van der Waals surface area contributed by atoms with Crippen molar-refractivity contribution in [3.8, 4) is 11.1 Å². The number of aliphatic imine (C=N–C) groups is 1. The molecule has 0 spiro atoms. The third-order valence-electron chi connectivity index (χ3n) is 8.53. The number of carbonyl (C=O) groups is 1. The Morgan fingerprint density at radius 1 is 1.12 bits per heavy atom. The molecule has 2 aromatic carbocycles. The predicted molar refractivity (Wildman–Crippen MR) is 179 cm³/mol. The van der Waals surface area contributed by atoms with Gasteiger partial charge in [0.25, 0.3) is 0 Å². The summed E-state index contributed by atoms with van der Waals surface area (Å²) in [6.07, 6.45) is 11.1. The smallest absolute Gasteiger partial charge is 0.147 e. The Bertz CT molecular complexity index is 1310. The van der Waals surface area contributed by atoms with Crippen molar-refractivity contribution in [2.24, 2.45) is 4.99 Å². The van der Waals surface area contributed by atoms with Crippen LogP contribution in [0.5, 0.6) is 0 Å². The minimum atomic E-state index is -0.540. The highest BCUT2D eigenvalue weighted by Crippen LogP contribution is 2.36. The summed E-state index contributed by atoms with van der Waals surface area (Å²) >= 11 is 1.59. The maximum absolute atomic E-state index is 12.1. The Morgan fingerprint density at radius 3 is 2.63 bits per heavy atom. The zero-order valence-electron chi connectivity index (χ0n) is 26.5. The van der Waals surface area contributed by atoms with Crippen LogP contribution in [0.4, 0.5) is 0 Å². The van der Waals surface area contributed by atoms with Crippen LogP contribution >= 0.6 is 11.9 Å². The predicted octanol–water partition coefficient (Wildman–Crippen LogP) is 8.62. The second-order valence-corrected chi connectivity index (χ2v) is 12.5. The molecule has 0 bridgehead atoms. The quantitative estimate of drug-likeness (QED) is 0.0897. The van der Waals surface area contributed by atoms with E-state index in [1.807, 2.05) is 6.92 Å². The fourth-order valence-electron chi connectivity index (χ4n) is 6.09. The third kappa shape index (κ3) is 8.54. The molecule has 1 N–H and O–H groups in total. The number of rotatable bonds is 16. The molecule has 2 aliphatic carbocycles. The van der Waals surface area contributed by atoms with Gasteiger partial charge in [0, 0.05) is 49.2 Å². The molecule has 4 rings (SSSR count). The highest BCUT2D eigenvalue weighted by Gasteiger charge is 2.34. The van der Waals surface area contributed by atoms with Crippen molar-refractivity contribution >= 4 is 24.1 Å². The number of nitrogens with one attached hydrogen (secondary N) is 1. The summed E-state index contributed by atoms with van der Waals surface area (Å²) < 4.78 is 15.0. The van der Waals surface area contributed by atoms with Gasteiger partial charge in [-0.2, -0.15) is 0 Å². The van der Waals surface area contributed by atoms with Crippen molar-refractivity contribution in [1.82, 2.24) is 9.62 Å². The van der Waals surface area contributed by atoms with Gasteiger partial charge in [-0.05, 0) is 79.3 Å². The van der Waals surface area contributed by atoms with Crippen LogP contribution in [0, 0.1) is 0 Å². The normalized spacial score (nSPS) is 16.4. The maximum atomic E-state index is 12.1. The van der Waals surface area contributed by atoms with Crippen molar-refractivity contribution in [1.29, 1.82) is 0 Å². The first-order chi connectivity index (χ1) is 20.9. The summed E-state index contributed by atoms with van der Waals surface area (Å²) in [6, 6.07) is 15.2. The average molecular weight is 604 g/mol. The summed E-state index contributed by atoms with van der Waals surface area (Å²) in [7, 11) is 3.85. The van der Waals surface area contributed by atoms with Crippen LogP contribution in [0.2, 0.25) is 0 Å². The van der Waals surface area contributed by atoms with Crippen LogP contribution in [0.1, 0.15) is 89.2 Å². The summed E-state index contributed by atoms with van der Waals surface area (Å²) in [5.41, 5.74) is 6.25. The van der Waals surface area contributed by atoms with E-state index < -0.39 is 5.54 Å². The van der Waals surface area contributed by atoms with Crippen LogP contribution in [-0.2, 0) is 27.4 Å². The Balaban J connectivity index is 1.57. The lowest BCUT2D eigenvalue weighted by Gasteiger charge is -2.27. The van der Waals surface area contributed by atoms with Crippen molar-refractivity contribution in [3.63, 3.8) is 0 Å². The summed E-state index contributed by atoms with van der Waals surface area (Å²) in [5, 5.41) is 0. The number of nitrogens with zero attached hydrogens (tertiary/aromatic N) is 2. The lowest BCUT2D eigenvalue weighted by molar-refractivity contribution is -0.112. The second-order valence-electron chi connectivity index (χ2n) is 11.7. The van der Waals surface area contributed by atoms with Gasteiger partial charge in [0.2, 0.25) is 0 Å². The third-order valence-corrected chi connectivity index (χ3v) is 9.45. The number of methoxy groups -OCH3 is 1. The fourth-order valence-corrected chi connectivity index (χ4v) is 6.88. The fraction of sp³-hybridized carbons (Fsp3) is 0.500. The first-order valence-corrected chi connectivity index (χ1v) is 16.7. The van der Waals surface area contributed by atoms with Gasteiger partial charge in [0.15, 0.2) is 0 Å². The Hall–Kier alpha value is -3.03. The van der Waals surface area contributed by atoms with E-state index in [0.29, 0.717) is 13.2 Å². The monoisotopic (exact) mass is 603 g/mol. The Morgan fingerprint density at radius 2 is 1.91 bits per heavy atom. The van der Waals surface area contributed by atoms with Crippen LogP contribution in [-0.4, -0.2) is 43.3 Å². The van der Waals surface area contributed by atoms with Crippen LogP contribution in [0.3, 0.4) is 0 Å². The molecule has 2 aliphatic rings. The van der Waals surface area contributed by atoms with Crippen molar-refractivity contribution in [3.05, 3.63) is 77.2 Å². The number of aldehydes is 1. The summed E-state index contributed by atoms with van der Waals surface area (Å²) in [4.78, 5) is 20.6. The number of amidine groups is 1. The lowest BCUT2D eigenvalue weighted by atomic mass is 9.97. The Labute approximate surface area is 263 Å². The van der Waals surface area contributed by atoms with E-state index in [2.05, 4.69) is 72.6 Å². The molecule has 0 unspecified atom stereocenters. The van der Waals surface area contributed by atoms with Crippen molar-refractivity contribution in [2.45, 2.75) is 102 Å². The zero-order valence-corrected chi connectivity index (χ0v) is 27.4. The van der Waals surface area contributed by atoms with Gasteiger partial charge in [-0.3, -0.25) is 4.99 Å². The molecular weight excluding hydrogens is 554 g/mol. The van der Waals surface area contributed by atoms with Gasteiger partial charge in [-0.15, -0.1) is 0 Å². The van der Waals surface area contributed by atoms with Gasteiger partial charge < -0.3 is 23.9 Å². The second kappa shape index (κ2) is 16.2. The van der Waals surface area contributed by atoms with Gasteiger partial charge in [-0.1, -0.05) is 69.2 Å². The molecule has 232 valence electrons. The molecule has 0 amide bonds. The van der Waals surface area contributed by atoms with Gasteiger partial charge in [0.1, 0.15) is 23.4 Å². The molecular formula is C36H49N3O3S. The molecule has 0 aromatic heterocycles. The molecule has 6 nitrogen and oxygen atoms in total. The molecule has 0 heterocycles. The molecule has 0 saturated heterocycles. The molecule has 0 radical (unpaired) electrons. The highest BCUT2D eigenvalue weighted by molar-refractivity contribution is 7.97. The lowest BCUT2D eigenvalue weighted by Crippen LogP contribution is -2.33. The molecule has 2 aromatic rings. The number of ether oxygens (including phenoxy) is 2. The minimum absolute atomic E-state index is 0.539. The number of allylic oxidation sites excluding steroid dienone is 2. The molecule has 7 heteroatoms. The molecule has 1 fully saturated rings. The van der Waals surface area contributed by atoms with Crippen LogP contribution in [0.15, 0.2) is 76.0 Å². The van der Waals surface area contributed by atoms with Crippen molar-refractivity contribution < 1.29 is 14.3 Å². The first kappa shape index (κ1) is 32.9. The molecule has 0 aliphatic heterocycles. The van der Waals surface area contributed by atoms with Crippen molar-refractivity contribution in [2.75, 3.05) is 20.8 Å². The maximum Gasteiger partial charge on any atom is 0.147 e. The van der Waals surface area contributed by atoms with Gasteiger partial charge in [-0.25, -0.2) is 0 Å². The summed E-state index contributed by atoms with van der Waals surface area (Å²) in [6.45, 7) is 10.5. The van der Waals surface area contributed by atoms with E-state index >= 15 is 0 Å². The zero-order chi connectivity index (χ0) is 30.7. The number of hydrogen-bond acceptors (Lipinski definition) is 6. The van der Waals surface area contributed by atoms with E-state index in [9.17, 15) is 4.79 Å². The topological polar surface area (TPSA) is 63.2 Å². The number of unbranched alkanes of at least 4 members (excludes halogenated alkanes) is 1. The van der Waals surface area contributed by atoms with E-state index in [1.165, 1.54) is 16.7 Å². The standard InChI is InChI=1S/C36H49N3O3S/c1-6-8-18-35(37-36(26-40)21-11-12-22-36)39(4)24-28-19-20-31(29(23-28)25-42-7-2)32-14-9-10-17-34(32)43-38-27(3)30-15-13-16-33(30)41-5/h9-10,14,17,19-20,23,26,38H,3,6-8,11-13,15-16,18,21-22,24-25H2,1-2,4-5H3. The van der Waals surface area contributed by atoms with E-state index in [4.69, 9.17) is 14.5 Å². The van der Waals surface area contributed by atoms with E-state index in [0.717, 1.165) is 110 Å². The molecule has 1 saturated carbocycles. The SMILES string of the molecule is C=C(NSc1ccccc1-c1ccc(CN(C)C(CCCC)=NC2(C=O)CCCC2)cc1COCC)C1=C(OC)CCC1. The number of hydrogen-bond donors (Lipinski definition) is 1. The van der Waals surface area contributed by atoms with Gasteiger partial charge >= 0.3 is 0 Å². The van der Waals surface area contributed by atoms with Crippen LogP contribution < -0.4 is 4.72 Å². The number of carbonyl (C=O) groups excluding carboxylic acids is 1. The first-order valence-electron chi connectivity index (χ1n) is 15.9. The van der Waals surface area contributed by atoms with Gasteiger partial charge in [0.05, 0.1) is 13.7 Å². The summed E-state index contributed by atoms with van der Waals surface area (Å²) in [5.74, 6) is 2.08.